The van der Waals surface area contributed by atoms with E-state index in [2.05, 4.69) is 37.1 Å². The minimum Gasteiger partial charge on any atom is -0.392 e. The van der Waals surface area contributed by atoms with Gasteiger partial charge in [-0.25, -0.2) is 26.3 Å². The van der Waals surface area contributed by atoms with E-state index in [1.807, 2.05) is 0 Å². The molecular formula is C26H46N2O6S2. The molecule has 5 aliphatic carbocycles. The summed E-state index contributed by atoms with van der Waals surface area (Å²) in [5.74, 6) is 0.431. The lowest BCUT2D eigenvalue weighted by molar-refractivity contribution is 0.0148. The third-order valence-electron chi connectivity index (χ3n) is 12.1. The summed E-state index contributed by atoms with van der Waals surface area (Å²) in [4.78, 5) is 0. The van der Waals surface area contributed by atoms with Gasteiger partial charge in [0.1, 0.15) is 0 Å². The molecule has 208 valence electrons. The highest BCUT2D eigenvalue weighted by Crippen LogP contribution is 2.67. The SMILES string of the molecule is CC1(C)C2CCC1(CS(=O)(=O)N[C@@H]1CCCC[C@H]1NS(=O)(=O)CC13CCC(CC1O)C3(C)C)C(O)C2. The quantitative estimate of drug-likeness (QED) is 0.370. The van der Waals surface area contributed by atoms with Crippen LogP contribution in [0.25, 0.3) is 0 Å². The Kier molecular flexibility index (Phi) is 6.54. The van der Waals surface area contributed by atoms with Crippen LogP contribution in [-0.2, 0) is 20.0 Å². The van der Waals surface area contributed by atoms with Crippen molar-refractivity contribution in [3.8, 4) is 0 Å². The van der Waals surface area contributed by atoms with Gasteiger partial charge < -0.3 is 10.2 Å². The van der Waals surface area contributed by atoms with Gasteiger partial charge in [0.05, 0.1) is 23.7 Å². The average Bonchev–Trinajstić information content (AvgIpc) is 3.27. The highest BCUT2D eigenvalue weighted by Gasteiger charge is 2.66. The summed E-state index contributed by atoms with van der Waals surface area (Å²) in [6, 6.07) is -1.02. The molecule has 8 atom stereocenters. The number of aliphatic hydroxyl groups is 2. The Morgan fingerprint density at radius 2 is 1.03 bits per heavy atom. The topological polar surface area (TPSA) is 133 Å². The molecule has 0 aromatic heterocycles. The first-order chi connectivity index (χ1) is 16.6. The van der Waals surface area contributed by atoms with E-state index in [1.54, 1.807) is 0 Å². The third-order valence-corrected chi connectivity index (χ3v) is 15.2. The number of rotatable bonds is 8. The number of fused-ring (bicyclic) bond motifs is 4. The van der Waals surface area contributed by atoms with Crippen LogP contribution >= 0.6 is 0 Å². The molecule has 0 aliphatic heterocycles. The van der Waals surface area contributed by atoms with Gasteiger partial charge in [-0.05, 0) is 74.0 Å². The highest BCUT2D eigenvalue weighted by molar-refractivity contribution is 7.89. The van der Waals surface area contributed by atoms with E-state index in [0.29, 0.717) is 50.4 Å². The molecule has 5 saturated carbocycles. The van der Waals surface area contributed by atoms with Crippen molar-refractivity contribution < 1.29 is 27.0 Å². The largest absolute Gasteiger partial charge is 0.392 e. The van der Waals surface area contributed by atoms with Crippen LogP contribution in [0.2, 0.25) is 0 Å². The first-order valence-electron chi connectivity index (χ1n) is 13.9. The fourth-order valence-corrected chi connectivity index (χ4v) is 13.8. The lowest BCUT2D eigenvalue weighted by Crippen LogP contribution is -2.57. The van der Waals surface area contributed by atoms with Gasteiger partial charge in [-0.15, -0.1) is 0 Å². The van der Waals surface area contributed by atoms with Gasteiger partial charge in [-0.1, -0.05) is 40.5 Å². The molecular weight excluding hydrogens is 500 g/mol. The van der Waals surface area contributed by atoms with E-state index >= 15 is 0 Å². The fraction of sp³-hybridized carbons (Fsp3) is 1.00. The van der Waals surface area contributed by atoms with Crippen molar-refractivity contribution in [3.05, 3.63) is 0 Å². The van der Waals surface area contributed by atoms with E-state index in [4.69, 9.17) is 0 Å². The van der Waals surface area contributed by atoms with Crippen molar-refractivity contribution in [2.45, 2.75) is 116 Å². The molecule has 10 heteroatoms. The summed E-state index contributed by atoms with van der Waals surface area (Å²) in [5, 5.41) is 21.7. The number of hydrogen-bond acceptors (Lipinski definition) is 6. The molecule has 0 aromatic carbocycles. The van der Waals surface area contributed by atoms with E-state index < -0.39 is 55.2 Å². The molecule has 0 spiro atoms. The van der Waals surface area contributed by atoms with Gasteiger partial charge in [-0.2, -0.15) is 0 Å². The van der Waals surface area contributed by atoms with Crippen molar-refractivity contribution in [3.63, 3.8) is 0 Å². The van der Waals surface area contributed by atoms with Crippen LogP contribution in [0.4, 0.5) is 0 Å². The molecule has 0 aromatic rings. The van der Waals surface area contributed by atoms with Crippen LogP contribution in [0.3, 0.4) is 0 Å². The van der Waals surface area contributed by atoms with Gasteiger partial charge >= 0.3 is 0 Å². The summed E-state index contributed by atoms with van der Waals surface area (Å²) < 4.78 is 59.6. The number of sulfonamides is 2. The smallest absolute Gasteiger partial charge is 0.212 e. The molecule has 6 unspecified atom stereocenters. The maximum atomic E-state index is 13.5. The molecule has 5 fully saturated rings. The monoisotopic (exact) mass is 546 g/mol. The van der Waals surface area contributed by atoms with Crippen molar-refractivity contribution >= 4 is 20.0 Å². The second-order valence-corrected chi connectivity index (χ2v) is 17.5. The first-order valence-corrected chi connectivity index (χ1v) is 17.2. The van der Waals surface area contributed by atoms with Crippen LogP contribution in [-0.4, -0.2) is 62.8 Å². The molecule has 8 nitrogen and oxygen atoms in total. The molecule has 0 amide bonds. The zero-order chi connectivity index (χ0) is 26.4. The van der Waals surface area contributed by atoms with Crippen LogP contribution in [0.1, 0.15) is 91.9 Å². The maximum absolute atomic E-state index is 13.5. The van der Waals surface area contributed by atoms with Crippen LogP contribution < -0.4 is 9.44 Å². The fourth-order valence-electron chi connectivity index (χ4n) is 9.39. The Bertz CT molecular complexity index is 1000. The molecule has 4 N–H and O–H groups in total. The van der Waals surface area contributed by atoms with Crippen molar-refractivity contribution in [2.24, 2.45) is 33.5 Å². The van der Waals surface area contributed by atoms with Gasteiger partial charge in [0.2, 0.25) is 20.0 Å². The minimum atomic E-state index is -3.75. The van der Waals surface area contributed by atoms with Crippen LogP contribution in [0, 0.1) is 33.5 Å². The third kappa shape index (κ3) is 4.03. The molecule has 5 aliphatic rings. The van der Waals surface area contributed by atoms with E-state index in [9.17, 15) is 27.0 Å². The zero-order valence-electron chi connectivity index (χ0n) is 22.3. The summed E-state index contributed by atoms with van der Waals surface area (Å²) in [7, 11) is -7.49. The van der Waals surface area contributed by atoms with E-state index in [0.717, 1.165) is 25.7 Å². The average molecular weight is 547 g/mol. The Morgan fingerprint density at radius 1 is 0.667 bits per heavy atom. The summed E-state index contributed by atoms with van der Waals surface area (Å²) >= 11 is 0. The Hall–Kier alpha value is -0.260. The van der Waals surface area contributed by atoms with Crippen molar-refractivity contribution in [2.75, 3.05) is 11.5 Å². The van der Waals surface area contributed by atoms with E-state index in [1.165, 1.54) is 0 Å². The lowest BCUT2D eigenvalue weighted by Gasteiger charge is -2.42. The minimum absolute atomic E-state index is 0.120. The molecule has 0 radical (unpaired) electrons. The number of aliphatic hydroxyl groups excluding tert-OH is 2. The first kappa shape index (κ1) is 27.3. The normalized spacial score (nSPS) is 45.4. The molecule has 5 rings (SSSR count). The van der Waals surface area contributed by atoms with E-state index in [-0.39, 0.29) is 22.3 Å². The maximum Gasteiger partial charge on any atom is 0.212 e. The second-order valence-electron chi connectivity index (χ2n) is 14.0. The zero-order valence-corrected chi connectivity index (χ0v) is 23.9. The Balaban J connectivity index is 1.30. The van der Waals surface area contributed by atoms with Crippen LogP contribution in [0.15, 0.2) is 0 Å². The van der Waals surface area contributed by atoms with Gasteiger partial charge in [-0.3, -0.25) is 0 Å². The second kappa shape index (κ2) is 8.62. The van der Waals surface area contributed by atoms with Gasteiger partial charge in [0.25, 0.3) is 0 Å². The summed E-state index contributed by atoms with van der Waals surface area (Å²) in [6.45, 7) is 8.33. The number of hydrogen-bond donors (Lipinski definition) is 4. The molecule has 0 heterocycles. The predicted octanol–water partition coefficient (Wildman–Crippen LogP) is 2.51. The number of nitrogens with one attached hydrogen (secondary N) is 2. The molecule has 0 saturated heterocycles. The standard InChI is InChI=1S/C26H46N2O6S2/c1-23(2)17-9-11-25(23,21(29)13-17)15-35(31,32)27-19-7-5-6-8-20(19)28-36(33,34)16-26-12-10-18(14-22(26)30)24(26,3)4/h17-22,27-30H,5-16H2,1-4H3/t17?,18?,19-,20-,21?,22?,25?,26?/m1/s1. The molecule has 36 heavy (non-hydrogen) atoms. The molecule has 4 bridgehead atoms. The Labute approximate surface area is 217 Å². The summed E-state index contributed by atoms with van der Waals surface area (Å²) in [6.07, 6.45) is 6.17. The lowest BCUT2D eigenvalue weighted by atomic mass is 9.70. The Morgan fingerprint density at radius 3 is 1.31 bits per heavy atom. The van der Waals surface area contributed by atoms with Crippen molar-refractivity contribution in [1.29, 1.82) is 0 Å². The van der Waals surface area contributed by atoms with Gasteiger partial charge in [0, 0.05) is 22.9 Å². The highest BCUT2D eigenvalue weighted by atomic mass is 32.2. The van der Waals surface area contributed by atoms with Gasteiger partial charge in [0.15, 0.2) is 0 Å². The van der Waals surface area contributed by atoms with Crippen molar-refractivity contribution in [1.82, 2.24) is 9.44 Å². The summed E-state index contributed by atoms with van der Waals surface area (Å²) in [5.41, 5.74) is -1.81. The van der Waals surface area contributed by atoms with Crippen LogP contribution in [0.5, 0.6) is 0 Å². The predicted molar refractivity (Wildman–Crippen MR) is 139 cm³/mol.